The first-order chi connectivity index (χ1) is 11.2. The van der Waals surface area contributed by atoms with E-state index >= 15 is 0 Å². The molecule has 0 radical (unpaired) electrons. The Hall–Kier alpha value is -1.10. The van der Waals surface area contributed by atoms with Crippen LogP contribution in [0.3, 0.4) is 0 Å². The largest absolute Gasteiger partial charge is 0.383 e. The number of rotatable bonds is 8. The molecule has 0 atom stereocenters. The summed E-state index contributed by atoms with van der Waals surface area (Å²) >= 11 is 6.02. The summed E-state index contributed by atoms with van der Waals surface area (Å²) in [5.74, 6) is 0.0417. The third kappa shape index (κ3) is 5.48. The number of benzene rings is 1. The van der Waals surface area contributed by atoms with E-state index in [4.69, 9.17) is 16.3 Å². The zero-order valence-corrected chi connectivity index (χ0v) is 14.6. The minimum atomic E-state index is 0.0417. The van der Waals surface area contributed by atoms with Gasteiger partial charge in [0.15, 0.2) is 0 Å². The van der Waals surface area contributed by atoms with Gasteiger partial charge in [0.25, 0.3) is 0 Å². The molecule has 0 aliphatic heterocycles. The highest BCUT2D eigenvalue weighted by Crippen LogP contribution is 2.39. The van der Waals surface area contributed by atoms with Crippen molar-refractivity contribution in [2.45, 2.75) is 37.5 Å². The number of carbonyl (C=O) groups is 1. The minimum Gasteiger partial charge on any atom is -0.383 e. The highest BCUT2D eigenvalue weighted by Gasteiger charge is 2.34. The summed E-state index contributed by atoms with van der Waals surface area (Å²) in [6.07, 6.45) is 5.94. The molecular weight excluding hydrogens is 312 g/mol. The van der Waals surface area contributed by atoms with Gasteiger partial charge in [-0.1, -0.05) is 43.0 Å². The fourth-order valence-electron chi connectivity index (χ4n) is 3.31. The van der Waals surface area contributed by atoms with Crippen molar-refractivity contribution in [3.8, 4) is 0 Å². The molecule has 23 heavy (non-hydrogen) atoms. The van der Waals surface area contributed by atoms with Crippen LogP contribution in [0.5, 0.6) is 0 Å². The van der Waals surface area contributed by atoms with E-state index in [9.17, 15) is 4.79 Å². The van der Waals surface area contributed by atoms with Gasteiger partial charge in [0.2, 0.25) is 5.91 Å². The van der Waals surface area contributed by atoms with Crippen molar-refractivity contribution in [2.24, 2.45) is 0 Å². The maximum absolute atomic E-state index is 12.0. The number of methoxy groups -OCH3 is 1. The van der Waals surface area contributed by atoms with Gasteiger partial charge < -0.3 is 15.4 Å². The van der Waals surface area contributed by atoms with Gasteiger partial charge in [0, 0.05) is 30.6 Å². The molecule has 1 amide bonds. The van der Waals surface area contributed by atoms with Crippen LogP contribution in [0.25, 0.3) is 0 Å². The normalized spacial score (nSPS) is 17.0. The van der Waals surface area contributed by atoms with Crippen molar-refractivity contribution >= 4 is 17.5 Å². The molecule has 0 bridgehead atoms. The molecule has 1 fully saturated rings. The molecule has 5 heteroatoms. The lowest BCUT2D eigenvalue weighted by molar-refractivity contribution is -0.120. The molecule has 2 N–H and O–H groups in total. The van der Waals surface area contributed by atoms with E-state index in [0.29, 0.717) is 26.2 Å². The van der Waals surface area contributed by atoms with Crippen LogP contribution in [0.4, 0.5) is 0 Å². The summed E-state index contributed by atoms with van der Waals surface area (Å²) in [6, 6.07) is 8.11. The van der Waals surface area contributed by atoms with Crippen LogP contribution >= 0.6 is 11.6 Å². The zero-order valence-electron chi connectivity index (χ0n) is 13.9. The van der Waals surface area contributed by atoms with Crippen molar-refractivity contribution in [2.75, 3.05) is 33.4 Å². The minimum absolute atomic E-state index is 0.0417. The zero-order chi connectivity index (χ0) is 16.5. The van der Waals surface area contributed by atoms with E-state index in [0.717, 1.165) is 17.9 Å². The molecule has 0 saturated heterocycles. The van der Waals surface area contributed by atoms with Gasteiger partial charge in [-0.05, 0) is 30.5 Å². The summed E-state index contributed by atoms with van der Waals surface area (Å²) in [5.41, 5.74) is 1.33. The fraction of sp³-hybridized carbons (Fsp3) is 0.611. The summed E-state index contributed by atoms with van der Waals surface area (Å²) < 4.78 is 4.96. The number of hydrogen-bond acceptors (Lipinski definition) is 3. The third-order valence-electron chi connectivity index (χ3n) is 4.66. The molecule has 4 nitrogen and oxygen atoms in total. The van der Waals surface area contributed by atoms with Crippen LogP contribution < -0.4 is 10.6 Å². The van der Waals surface area contributed by atoms with Gasteiger partial charge >= 0.3 is 0 Å². The van der Waals surface area contributed by atoms with Crippen LogP contribution in [-0.2, 0) is 14.9 Å². The monoisotopic (exact) mass is 338 g/mol. The van der Waals surface area contributed by atoms with Gasteiger partial charge in [0.05, 0.1) is 13.2 Å². The Morgan fingerprint density at radius 2 is 1.91 bits per heavy atom. The number of halogens is 1. The van der Waals surface area contributed by atoms with Crippen molar-refractivity contribution in [3.63, 3.8) is 0 Å². The molecule has 1 aromatic carbocycles. The Morgan fingerprint density at radius 3 is 2.57 bits per heavy atom. The maximum atomic E-state index is 12.0. The second-order valence-electron chi connectivity index (χ2n) is 6.29. The first-order valence-electron chi connectivity index (χ1n) is 8.39. The van der Waals surface area contributed by atoms with E-state index < -0.39 is 0 Å². The van der Waals surface area contributed by atoms with E-state index in [1.54, 1.807) is 7.11 Å². The van der Waals surface area contributed by atoms with Crippen molar-refractivity contribution in [3.05, 3.63) is 34.9 Å². The maximum Gasteiger partial charge on any atom is 0.233 e. The Bertz CT molecular complexity index is 484. The topological polar surface area (TPSA) is 50.4 Å². The van der Waals surface area contributed by atoms with Gasteiger partial charge in [-0.15, -0.1) is 0 Å². The van der Waals surface area contributed by atoms with Crippen LogP contribution in [0, 0.1) is 0 Å². The molecular formula is C18H27ClN2O2. The quantitative estimate of drug-likeness (QED) is 0.717. The van der Waals surface area contributed by atoms with Crippen molar-refractivity contribution < 1.29 is 9.53 Å². The Kier molecular flexibility index (Phi) is 7.34. The Labute approximate surface area is 143 Å². The fourth-order valence-corrected chi connectivity index (χ4v) is 3.43. The molecule has 2 rings (SSSR count). The van der Waals surface area contributed by atoms with Crippen molar-refractivity contribution in [1.82, 2.24) is 10.6 Å². The number of amides is 1. The highest BCUT2D eigenvalue weighted by molar-refractivity contribution is 6.30. The van der Waals surface area contributed by atoms with Crippen LogP contribution in [-0.4, -0.2) is 39.3 Å². The van der Waals surface area contributed by atoms with E-state index in [2.05, 4.69) is 22.8 Å². The summed E-state index contributed by atoms with van der Waals surface area (Å²) in [6.45, 7) is 2.33. The summed E-state index contributed by atoms with van der Waals surface area (Å²) in [5, 5.41) is 6.94. The van der Waals surface area contributed by atoms with Crippen LogP contribution in [0.2, 0.25) is 5.02 Å². The van der Waals surface area contributed by atoms with E-state index in [1.165, 1.54) is 24.8 Å². The first-order valence-corrected chi connectivity index (χ1v) is 8.76. The highest BCUT2D eigenvalue weighted by atomic mass is 35.5. The van der Waals surface area contributed by atoms with E-state index in [-0.39, 0.29) is 11.3 Å². The number of hydrogen-bond donors (Lipinski definition) is 2. The number of nitrogens with one attached hydrogen (secondary N) is 2. The summed E-state index contributed by atoms with van der Waals surface area (Å²) in [7, 11) is 1.65. The SMILES string of the molecule is COCCNCC(=O)NCC1(c2ccc(Cl)cc2)CCCCC1. The average molecular weight is 339 g/mol. The second-order valence-corrected chi connectivity index (χ2v) is 6.73. The van der Waals surface area contributed by atoms with E-state index in [1.807, 2.05) is 12.1 Å². The lowest BCUT2D eigenvalue weighted by atomic mass is 9.69. The smallest absolute Gasteiger partial charge is 0.233 e. The van der Waals surface area contributed by atoms with Gasteiger partial charge in [-0.3, -0.25) is 4.79 Å². The molecule has 0 heterocycles. The van der Waals surface area contributed by atoms with Gasteiger partial charge in [-0.25, -0.2) is 0 Å². The summed E-state index contributed by atoms with van der Waals surface area (Å²) in [4.78, 5) is 12.0. The lowest BCUT2D eigenvalue weighted by Gasteiger charge is -2.38. The van der Waals surface area contributed by atoms with Gasteiger partial charge in [0.1, 0.15) is 0 Å². The molecule has 1 aliphatic rings. The van der Waals surface area contributed by atoms with Crippen LogP contribution in [0.1, 0.15) is 37.7 Å². The number of ether oxygens (including phenoxy) is 1. The third-order valence-corrected chi connectivity index (χ3v) is 4.91. The van der Waals surface area contributed by atoms with Gasteiger partial charge in [-0.2, -0.15) is 0 Å². The molecule has 1 saturated carbocycles. The van der Waals surface area contributed by atoms with Crippen molar-refractivity contribution in [1.29, 1.82) is 0 Å². The first kappa shape index (κ1) is 18.2. The molecule has 1 aliphatic carbocycles. The van der Waals surface area contributed by atoms with Crippen LogP contribution in [0.15, 0.2) is 24.3 Å². The molecule has 0 unspecified atom stereocenters. The molecule has 1 aromatic rings. The lowest BCUT2D eigenvalue weighted by Crippen LogP contribution is -2.45. The predicted molar refractivity (Wildman–Crippen MR) is 94.0 cm³/mol. The molecule has 128 valence electrons. The predicted octanol–water partition coefficient (Wildman–Crippen LogP) is 2.89. The Balaban J connectivity index is 1.93. The molecule has 0 spiro atoms. The Morgan fingerprint density at radius 1 is 1.22 bits per heavy atom. The second kappa shape index (κ2) is 9.26. The average Bonchev–Trinajstić information content (AvgIpc) is 2.58. The molecule has 0 aromatic heterocycles. The standard InChI is InChI=1S/C18H27ClN2O2/c1-23-12-11-20-13-17(22)21-14-18(9-3-2-4-10-18)15-5-7-16(19)8-6-15/h5-8,20H,2-4,9-14H2,1H3,(H,21,22). The number of carbonyl (C=O) groups excluding carboxylic acids is 1.